The van der Waals surface area contributed by atoms with E-state index in [4.69, 9.17) is 0 Å². The fourth-order valence-corrected chi connectivity index (χ4v) is 1.60. The second-order valence-corrected chi connectivity index (χ2v) is 3.21. The maximum Gasteiger partial charge on any atom is 0.143 e. The molecule has 2 nitrogen and oxygen atoms in total. The Morgan fingerprint density at radius 3 is 3.18 bits per heavy atom. The minimum atomic E-state index is 1.02. The van der Waals surface area contributed by atoms with Crippen LogP contribution >= 0.6 is 11.3 Å². The Kier molecular flexibility index (Phi) is 1.58. The lowest BCUT2D eigenvalue weighted by Gasteiger charge is -1.92. The second kappa shape index (κ2) is 2.58. The maximum absolute atomic E-state index is 4.27. The molecule has 0 amide bonds. The van der Waals surface area contributed by atoms with Crippen molar-refractivity contribution in [1.29, 1.82) is 0 Å². The van der Waals surface area contributed by atoms with Gasteiger partial charge in [-0.1, -0.05) is 6.92 Å². The highest BCUT2D eigenvalue weighted by Gasteiger charge is 1.97. The number of thiazole rings is 1. The molecule has 0 spiro atoms. The predicted molar refractivity (Wildman–Crippen MR) is 46.8 cm³/mol. The number of aromatic nitrogens is 2. The fourth-order valence-electron chi connectivity index (χ4n) is 0.992. The largest absolute Gasteiger partial charge is 0.243 e. The maximum atomic E-state index is 4.27. The SMILES string of the molecule is CCc1cnc2scnc2c1. The van der Waals surface area contributed by atoms with E-state index in [2.05, 4.69) is 23.0 Å². The van der Waals surface area contributed by atoms with Gasteiger partial charge in [0.05, 0.1) is 5.51 Å². The van der Waals surface area contributed by atoms with Crippen LogP contribution in [0.25, 0.3) is 10.3 Å². The third-order valence-corrected chi connectivity index (χ3v) is 2.40. The van der Waals surface area contributed by atoms with Gasteiger partial charge in [-0.3, -0.25) is 0 Å². The number of pyridine rings is 1. The van der Waals surface area contributed by atoms with Crippen molar-refractivity contribution in [2.45, 2.75) is 13.3 Å². The second-order valence-electron chi connectivity index (χ2n) is 2.37. The Hall–Kier alpha value is -0.960. The average molecular weight is 164 g/mol. The highest BCUT2D eigenvalue weighted by atomic mass is 32.1. The topological polar surface area (TPSA) is 25.8 Å². The molecule has 11 heavy (non-hydrogen) atoms. The van der Waals surface area contributed by atoms with Crippen LogP contribution in [0.1, 0.15) is 12.5 Å². The van der Waals surface area contributed by atoms with E-state index in [-0.39, 0.29) is 0 Å². The number of hydrogen-bond donors (Lipinski definition) is 0. The molecule has 2 rings (SSSR count). The third kappa shape index (κ3) is 1.12. The summed E-state index contributed by atoms with van der Waals surface area (Å²) < 4.78 is 0. The van der Waals surface area contributed by atoms with Gasteiger partial charge in [0.25, 0.3) is 0 Å². The van der Waals surface area contributed by atoms with Crippen molar-refractivity contribution in [3.63, 3.8) is 0 Å². The van der Waals surface area contributed by atoms with Crippen LogP contribution in [-0.2, 0) is 6.42 Å². The molecular weight excluding hydrogens is 156 g/mol. The Labute approximate surface area is 68.9 Å². The van der Waals surface area contributed by atoms with E-state index < -0.39 is 0 Å². The van der Waals surface area contributed by atoms with Crippen LogP contribution in [0.15, 0.2) is 17.8 Å². The molecule has 0 bridgehead atoms. The van der Waals surface area contributed by atoms with Gasteiger partial charge < -0.3 is 0 Å². The van der Waals surface area contributed by atoms with Crippen molar-refractivity contribution in [3.8, 4) is 0 Å². The Balaban J connectivity index is 2.67. The number of aryl methyl sites for hydroxylation is 1. The van der Waals surface area contributed by atoms with Gasteiger partial charge in [-0.15, -0.1) is 11.3 Å². The summed E-state index contributed by atoms with van der Waals surface area (Å²) in [6.45, 7) is 2.12. The summed E-state index contributed by atoms with van der Waals surface area (Å²) in [7, 11) is 0. The van der Waals surface area contributed by atoms with Crippen LogP contribution < -0.4 is 0 Å². The minimum absolute atomic E-state index is 1.02. The summed E-state index contributed by atoms with van der Waals surface area (Å²) >= 11 is 1.58. The zero-order valence-electron chi connectivity index (χ0n) is 6.24. The molecule has 2 aromatic rings. The van der Waals surface area contributed by atoms with Crippen molar-refractivity contribution in [3.05, 3.63) is 23.3 Å². The first-order valence-electron chi connectivity index (χ1n) is 3.58. The number of fused-ring (bicyclic) bond motifs is 1. The first kappa shape index (κ1) is 6.73. The van der Waals surface area contributed by atoms with Gasteiger partial charge in [-0.25, -0.2) is 9.97 Å². The summed E-state index contributed by atoms with van der Waals surface area (Å²) in [5.41, 5.74) is 4.11. The molecule has 2 heterocycles. The zero-order valence-corrected chi connectivity index (χ0v) is 7.06. The number of rotatable bonds is 1. The molecule has 3 heteroatoms. The third-order valence-electron chi connectivity index (χ3n) is 1.65. The molecule has 0 unspecified atom stereocenters. The summed E-state index contributed by atoms with van der Waals surface area (Å²) in [6.07, 6.45) is 2.95. The summed E-state index contributed by atoms with van der Waals surface area (Å²) in [5, 5.41) is 0. The standard InChI is InChI=1S/C8H8N2S/c1-2-6-3-7-8(9-4-6)11-5-10-7/h3-5H,2H2,1H3. The smallest absolute Gasteiger partial charge is 0.143 e. The summed E-state index contributed by atoms with van der Waals surface area (Å²) in [5.74, 6) is 0. The number of hydrogen-bond acceptors (Lipinski definition) is 3. The van der Waals surface area contributed by atoms with E-state index >= 15 is 0 Å². The van der Waals surface area contributed by atoms with Crippen molar-refractivity contribution in [2.75, 3.05) is 0 Å². The van der Waals surface area contributed by atoms with E-state index in [1.54, 1.807) is 11.3 Å². The lowest BCUT2D eigenvalue weighted by Crippen LogP contribution is -1.81. The Bertz CT molecular complexity index is 367. The molecule has 56 valence electrons. The molecule has 0 saturated heterocycles. The molecular formula is C8H8N2S. The lowest BCUT2D eigenvalue weighted by atomic mass is 10.2. The molecule has 2 aromatic heterocycles. The zero-order chi connectivity index (χ0) is 7.68. The van der Waals surface area contributed by atoms with Gasteiger partial charge in [0.2, 0.25) is 0 Å². The summed E-state index contributed by atoms with van der Waals surface area (Å²) in [6, 6.07) is 2.10. The first-order chi connectivity index (χ1) is 5.40. The first-order valence-corrected chi connectivity index (χ1v) is 4.46. The molecule has 0 saturated carbocycles. The molecule has 0 aromatic carbocycles. The van der Waals surface area contributed by atoms with E-state index in [1.165, 1.54) is 5.56 Å². The summed E-state index contributed by atoms with van der Waals surface area (Å²) in [4.78, 5) is 9.48. The van der Waals surface area contributed by atoms with Gasteiger partial charge in [0.15, 0.2) is 0 Å². The van der Waals surface area contributed by atoms with Crippen LogP contribution in [0.4, 0.5) is 0 Å². The highest BCUT2D eigenvalue weighted by Crippen LogP contribution is 2.15. The predicted octanol–water partition coefficient (Wildman–Crippen LogP) is 2.25. The van der Waals surface area contributed by atoms with Crippen molar-refractivity contribution < 1.29 is 0 Å². The van der Waals surface area contributed by atoms with Gasteiger partial charge >= 0.3 is 0 Å². The van der Waals surface area contributed by atoms with Gasteiger partial charge in [0, 0.05) is 6.20 Å². The van der Waals surface area contributed by atoms with E-state index in [1.807, 2.05) is 11.7 Å². The van der Waals surface area contributed by atoms with Crippen LogP contribution in [0.5, 0.6) is 0 Å². The molecule has 0 aliphatic rings. The van der Waals surface area contributed by atoms with Gasteiger partial charge in [0.1, 0.15) is 10.3 Å². The Morgan fingerprint density at radius 1 is 1.45 bits per heavy atom. The number of nitrogens with zero attached hydrogens (tertiary/aromatic N) is 2. The lowest BCUT2D eigenvalue weighted by molar-refractivity contribution is 1.12. The van der Waals surface area contributed by atoms with E-state index in [0.717, 1.165) is 16.8 Å². The van der Waals surface area contributed by atoms with Gasteiger partial charge in [-0.2, -0.15) is 0 Å². The minimum Gasteiger partial charge on any atom is -0.243 e. The molecule has 0 aliphatic heterocycles. The van der Waals surface area contributed by atoms with Crippen molar-refractivity contribution >= 4 is 21.7 Å². The average Bonchev–Trinajstić information content (AvgIpc) is 2.50. The van der Waals surface area contributed by atoms with Crippen LogP contribution in [0.2, 0.25) is 0 Å². The Morgan fingerprint density at radius 2 is 2.36 bits per heavy atom. The van der Waals surface area contributed by atoms with Crippen LogP contribution in [0.3, 0.4) is 0 Å². The van der Waals surface area contributed by atoms with Crippen LogP contribution in [0, 0.1) is 0 Å². The highest BCUT2D eigenvalue weighted by molar-refractivity contribution is 7.16. The van der Waals surface area contributed by atoms with E-state index in [9.17, 15) is 0 Å². The molecule has 0 radical (unpaired) electrons. The van der Waals surface area contributed by atoms with Crippen molar-refractivity contribution in [1.82, 2.24) is 9.97 Å². The van der Waals surface area contributed by atoms with Crippen molar-refractivity contribution in [2.24, 2.45) is 0 Å². The fraction of sp³-hybridized carbons (Fsp3) is 0.250. The normalized spacial score (nSPS) is 10.6. The van der Waals surface area contributed by atoms with Gasteiger partial charge in [-0.05, 0) is 18.1 Å². The quantitative estimate of drug-likeness (QED) is 0.646. The molecule has 0 aliphatic carbocycles. The molecule has 0 N–H and O–H groups in total. The monoisotopic (exact) mass is 164 g/mol. The van der Waals surface area contributed by atoms with E-state index in [0.29, 0.717) is 0 Å². The van der Waals surface area contributed by atoms with Crippen LogP contribution in [-0.4, -0.2) is 9.97 Å². The molecule has 0 fully saturated rings. The molecule has 0 atom stereocenters.